The number of hydrogen-bond donors (Lipinski definition) is 0. The van der Waals surface area contributed by atoms with Crippen molar-refractivity contribution in [1.29, 1.82) is 0 Å². The van der Waals surface area contributed by atoms with Gasteiger partial charge < -0.3 is 5.32 Å². The summed E-state index contributed by atoms with van der Waals surface area (Å²) in [6, 6.07) is 1.000. The molecule has 0 saturated heterocycles. The third-order valence-corrected chi connectivity index (χ3v) is 0.596. The van der Waals surface area contributed by atoms with Crippen molar-refractivity contribution in [2.24, 2.45) is 0 Å². The van der Waals surface area contributed by atoms with Crippen molar-refractivity contribution in [3.05, 3.63) is 5.32 Å². The van der Waals surface area contributed by atoms with Crippen LogP contribution in [0.4, 0.5) is 0 Å². The van der Waals surface area contributed by atoms with Gasteiger partial charge in [0.05, 0.1) is 0 Å². The summed E-state index contributed by atoms with van der Waals surface area (Å²) >= 11 is 5.30. The van der Waals surface area contributed by atoms with Crippen molar-refractivity contribution in [2.45, 2.75) is 39.8 Å². The molecular weight excluding hydrogens is 535 g/mol. The number of rotatable bonds is 2. The molecule has 0 aromatic rings. The van der Waals surface area contributed by atoms with Gasteiger partial charge in [0.2, 0.25) is 0 Å². The molecule has 0 heterocycles. The molecule has 0 rings (SSSR count). The molecule has 0 radical (unpaired) electrons. The zero-order valence-electron chi connectivity index (χ0n) is 6.67. The average Bonchev–Trinajstić information content (AvgIpc) is 1.62. The monoisotopic (exact) mass is 549 g/mol. The second-order valence-electron chi connectivity index (χ2n) is 2.38. The quantitative estimate of drug-likeness (QED) is 0.464. The molecule has 0 aliphatic carbocycles. The minimum absolute atomic E-state index is 0.500. The van der Waals surface area contributed by atoms with E-state index in [0.717, 1.165) is 0 Å². The second-order valence-corrected chi connectivity index (χ2v) is 19.0. The van der Waals surface area contributed by atoms with Crippen molar-refractivity contribution < 1.29 is 11.2 Å². The molecule has 10 heavy (non-hydrogen) atoms. The van der Waals surface area contributed by atoms with Crippen LogP contribution in [-0.2, 0) is 11.2 Å². The summed E-state index contributed by atoms with van der Waals surface area (Å²) in [5.74, 6) is 0. The number of nitrogens with zero attached hydrogens (tertiary/aromatic N) is 1. The summed E-state index contributed by atoms with van der Waals surface area (Å²) in [4.78, 5) is 0. The van der Waals surface area contributed by atoms with Crippen LogP contribution in [0.2, 0.25) is 0 Å². The molecule has 4 heteroatoms. The van der Waals surface area contributed by atoms with Crippen LogP contribution in [0.1, 0.15) is 27.7 Å². The molecular formula is C6H14I2NPt-. The van der Waals surface area contributed by atoms with Crippen LogP contribution < -0.4 is 0 Å². The van der Waals surface area contributed by atoms with Gasteiger partial charge in [0.15, 0.2) is 0 Å². The minimum atomic E-state index is 0.500. The van der Waals surface area contributed by atoms with Crippen molar-refractivity contribution in [3.8, 4) is 0 Å². The third-order valence-electron chi connectivity index (χ3n) is 0.596. The third kappa shape index (κ3) is 22.5. The van der Waals surface area contributed by atoms with Crippen molar-refractivity contribution in [2.75, 3.05) is 0 Å². The van der Waals surface area contributed by atoms with Crippen LogP contribution in [0, 0.1) is 0 Å². The number of hydrogen-bond acceptors (Lipinski definition) is 0. The Balaban J connectivity index is 0. The van der Waals surface area contributed by atoms with Gasteiger partial charge in [-0.05, 0) is 0 Å². The molecule has 0 spiro atoms. The van der Waals surface area contributed by atoms with Crippen LogP contribution in [0.15, 0.2) is 0 Å². The van der Waals surface area contributed by atoms with Crippen molar-refractivity contribution in [3.63, 3.8) is 0 Å². The molecule has 0 bridgehead atoms. The van der Waals surface area contributed by atoms with Crippen molar-refractivity contribution in [1.82, 2.24) is 0 Å². The van der Waals surface area contributed by atoms with Crippen LogP contribution in [0.3, 0.4) is 0 Å². The van der Waals surface area contributed by atoms with Crippen LogP contribution in [0.5, 0.6) is 0 Å². The van der Waals surface area contributed by atoms with Gasteiger partial charge in [-0.2, -0.15) is 0 Å². The predicted molar refractivity (Wildman–Crippen MR) is 61.7 cm³/mol. The summed E-state index contributed by atoms with van der Waals surface area (Å²) in [5.41, 5.74) is 0. The van der Waals surface area contributed by atoms with Gasteiger partial charge in [-0.1, -0.05) is 27.7 Å². The van der Waals surface area contributed by atoms with Gasteiger partial charge in [0.25, 0.3) is 0 Å². The fraction of sp³-hybridized carbons (Fsp3) is 1.00. The Bertz CT molecular complexity index is 53.7. The van der Waals surface area contributed by atoms with E-state index in [1.165, 1.54) is 0 Å². The van der Waals surface area contributed by atoms with E-state index in [4.69, 9.17) is 0 Å². The second kappa shape index (κ2) is 11.1. The average molecular weight is 549 g/mol. The Morgan fingerprint density at radius 2 is 1.20 bits per heavy atom. The molecule has 0 saturated carbocycles. The molecule has 0 amide bonds. The number of halogens is 2. The van der Waals surface area contributed by atoms with Crippen molar-refractivity contribution >= 4 is 38.7 Å². The maximum atomic E-state index is 4.28. The Hall–Kier alpha value is 2.11. The van der Waals surface area contributed by atoms with Crippen LogP contribution >= 0.6 is 38.7 Å². The molecule has 0 aliphatic heterocycles. The molecule has 0 N–H and O–H groups in total. The first-order valence-corrected chi connectivity index (χ1v) is 16.0. The normalized spacial score (nSPS) is 10.0. The first-order valence-electron chi connectivity index (χ1n) is 3.06. The predicted octanol–water partition coefficient (Wildman–Crippen LogP) is 3.95. The molecule has 1 nitrogen and oxygen atoms in total. The molecule has 0 aromatic carbocycles. The van der Waals surface area contributed by atoms with Gasteiger partial charge in [-0.15, -0.1) is 12.1 Å². The van der Waals surface area contributed by atoms with E-state index in [-0.39, 0.29) is 0 Å². The molecule has 0 unspecified atom stereocenters. The van der Waals surface area contributed by atoms with E-state index < -0.39 is 0 Å². The van der Waals surface area contributed by atoms with Crippen LogP contribution in [0.25, 0.3) is 5.32 Å². The Morgan fingerprint density at radius 1 is 1.00 bits per heavy atom. The van der Waals surface area contributed by atoms with E-state index in [0.29, 0.717) is 23.3 Å². The molecule has 0 aliphatic rings. The standard InChI is InChI=1S/C6H14N.2HI.Pt/c1-5(2)7-6(3)4;;;/h5-6H,1-4H3;2*1H;/q-1;;;+2/p-2. The van der Waals surface area contributed by atoms with E-state index >= 15 is 0 Å². The van der Waals surface area contributed by atoms with E-state index in [1.54, 1.807) is 0 Å². The SMILES string of the molecule is CC(C)[N-]C(C)C.[I][Pt][I]. The van der Waals surface area contributed by atoms with E-state index in [2.05, 4.69) is 71.7 Å². The zero-order chi connectivity index (χ0) is 8.57. The summed E-state index contributed by atoms with van der Waals surface area (Å²) in [6.45, 7) is 8.39. The maximum absolute atomic E-state index is 4.28. The zero-order valence-corrected chi connectivity index (χ0v) is 13.3. The summed E-state index contributed by atoms with van der Waals surface area (Å²) in [6.07, 6.45) is 0. The molecule has 0 atom stereocenters. The summed E-state index contributed by atoms with van der Waals surface area (Å²) in [7, 11) is 0. The Labute approximate surface area is 93.7 Å². The van der Waals surface area contributed by atoms with Crippen LogP contribution in [-0.4, -0.2) is 12.1 Å². The van der Waals surface area contributed by atoms with E-state index in [9.17, 15) is 0 Å². The van der Waals surface area contributed by atoms with Gasteiger partial charge in [0, 0.05) is 0 Å². The first kappa shape index (κ1) is 14.6. The van der Waals surface area contributed by atoms with Gasteiger partial charge in [-0.3, -0.25) is 0 Å². The Morgan fingerprint density at radius 3 is 1.20 bits per heavy atom. The van der Waals surface area contributed by atoms with E-state index in [1.807, 2.05) is 0 Å². The fourth-order valence-corrected chi connectivity index (χ4v) is 0.596. The summed E-state index contributed by atoms with van der Waals surface area (Å²) in [5, 5.41) is 4.28. The Kier molecular flexibility index (Phi) is 16.2. The first-order chi connectivity index (χ1) is 4.54. The topological polar surface area (TPSA) is 14.1 Å². The fourth-order valence-electron chi connectivity index (χ4n) is 0.596. The molecule has 0 aromatic heterocycles. The van der Waals surface area contributed by atoms with Gasteiger partial charge in [-0.25, -0.2) is 0 Å². The van der Waals surface area contributed by atoms with Gasteiger partial charge in [0.1, 0.15) is 0 Å². The molecule has 68 valence electrons. The molecule has 0 fully saturated rings. The van der Waals surface area contributed by atoms with Gasteiger partial charge >= 0.3 is 49.9 Å². The summed E-state index contributed by atoms with van der Waals surface area (Å²) < 4.78 is 0.